The zero-order chi connectivity index (χ0) is 29.7. The highest BCUT2D eigenvalue weighted by Gasteiger charge is 2.50. The molecule has 2 unspecified atom stereocenters. The summed E-state index contributed by atoms with van der Waals surface area (Å²) in [5.74, 6) is -1.18. The van der Waals surface area contributed by atoms with Crippen LogP contribution in [0.2, 0.25) is 0 Å². The predicted molar refractivity (Wildman–Crippen MR) is 134 cm³/mol. The number of aliphatic hydroxyl groups is 3. The van der Waals surface area contributed by atoms with Gasteiger partial charge >= 0.3 is 24.1 Å². The second-order valence-corrected chi connectivity index (χ2v) is 11.7. The summed E-state index contributed by atoms with van der Waals surface area (Å²) in [5, 5.41) is 29.4. The molecule has 2 fully saturated rings. The monoisotopic (exact) mass is 548 g/mol. The number of esters is 2. The molecule has 0 aromatic heterocycles. The Morgan fingerprint density at radius 2 is 1.11 bits per heavy atom. The van der Waals surface area contributed by atoms with Gasteiger partial charge in [0, 0.05) is 12.8 Å². The van der Waals surface area contributed by atoms with Crippen LogP contribution in [0.3, 0.4) is 0 Å². The molecule has 0 saturated carbocycles. The fraction of sp³-hybridized carbons (Fsp3) is 0.840. The van der Waals surface area contributed by atoms with Gasteiger partial charge in [-0.2, -0.15) is 0 Å². The maximum absolute atomic E-state index is 12.1. The lowest BCUT2D eigenvalue weighted by Crippen LogP contribution is -2.44. The molecular formula is C25H44N2O11. The van der Waals surface area contributed by atoms with Gasteiger partial charge in [0.1, 0.15) is 28.9 Å². The van der Waals surface area contributed by atoms with Crippen LogP contribution in [0, 0.1) is 0 Å². The number of likely N-dealkylation sites (tertiary alicyclic amines) is 2. The van der Waals surface area contributed by atoms with Crippen molar-refractivity contribution in [2.75, 3.05) is 33.9 Å². The Kier molecular flexibility index (Phi) is 11.0. The highest BCUT2D eigenvalue weighted by molar-refractivity contribution is 5.83. The number of methoxy groups -OCH3 is 2. The number of β-amino-alcohol motifs (C(OH)–C–C–N with tert-alkyl or cyclic N) is 2. The van der Waals surface area contributed by atoms with Crippen molar-refractivity contribution in [1.82, 2.24) is 9.80 Å². The van der Waals surface area contributed by atoms with Crippen LogP contribution in [-0.2, 0) is 28.5 Å². The first-order valence-corrected chi connectivity index (χ1v) is 12.4. The van der Waals surface area contributed by atoms with Gasteiger partial charge in [0.25, 0.3) is 0 Å². The van der Waals surface area contributed by atoms with Gasteiger partial charge in [0.2, 0.25) is 0 Å². The minimum atomic E-state index is -1.50. The van der Waals surface area contributed by atoms with E-state index in [0.717, 1.165) is 4.90 Å². The minimum Gasteiger partial charge on any atom is -0.467 e. The molecule has 2 heterocycles. The summed E-state index contributed by atoms with van der Waals surface area (Å²) in [5.41, 5.74) is -3.92. The van der Waals surface area contributed by atoms with E-state index in [1.54, 1.807) is 41.5 Å². The third-order valence-electron chi connectivity index (χ3n) is 5.98. The van der Waals surface area contributed by atoms with Gasteiger partial charge in [0.05, 0.1) is 39.5 Å². The first kappa shape index (κ1) is 33.4. The van der Waals surface area contributed by atoms with E-state index in [1.807, 2.05) is 6.92 Å². The summed E-state index contributed by atoms with van der Waals surface area (Å²) in [6.45, 7) is 11.5. The van der Waals surface area contributed by atoms with Crippen molar-refractivity contribution in [3.63, 3.8) is 0 Å². The lowest BCUT2D eigenvalue weighted by molar-refractivity contribution is -0.146. The molecule has 13 heteroatoms. The average molecular weight is 549 g/mol. The molecule has 13 nitrogen and oxygen atoms in total. The van der Waals surface area contributed by atoms with E-state index in [1.165, 1.54) is 19.1 Å². The highest BCUT2D eigenvalue weighted by Crippen LogP contribution is 2.32. The molecule has 220 valence electrons. The van der Waals surface area contributed by atoms with Crippen molar-refractivity contribution in [2.45, 2.75) is 102 Å². The maximum Gasteiger partial charge on any atom is 0.411 e. The van der Waals surface area contributed by atoms with E-state index >= 15 is 0 Å². The summed E-state index contributed by atoms with van der Waals surface area (Å²) in [6, 6.07) is -1.73. The number of amides is 2. The van der Waals surface area contributed by atoms with Crippen LogP contribution in [0.5, 0.6) is 0 Å². The molecular weight excluding hydrogens is 504 g/mol. The molecule has 0 spiro atoms. The molecule has 2 saturated heterocycles. The van der Waals surface area contributed by atoms with Crippen LogP contribution in [0.25, 0.3) is 0 Å². The summed E-state index contributed by atoms with van der Waals surface area (Å²) < 4.78 is 19.7. The zero-order valence-electron chi connectivity index (χ0n) is 23.9. The van der Waals surface area contributed by atoms with Gasteiger partial charge in [-0.05, 0) is 48.0 Å². The third kappa shape index (κ3) is 9.28. The van der Waals surface area contributed by atoms with Crippen LogP contribution in [0.15, 0.2) is 0 Å². The van der Waals surface area contributed by atoms with Crippen LogP contribution < -0.4 is 0 Å². The SMILES string of the molecule is CCC1(O)C[C@@H](C(=O)OC)N(C(=O)OC(C)(C)C)C1.COC(=O)[C@@H]1CC(O)(CO)CN1C(=O)OC(C)(C)C. The van der Waals surface area contributed by atoms with Gasteiger partial charge in [0.15, 0.2) is 0 Å². The normalized spacial score (nSPS) is 27.3. The molecule has 2 amide bonds. The third-order valence-corrected chi connectivity index (χ3v) is 5.98. The Balaban J connectivity index is 0.000000380. The van der Waals surface area contributed by atoms with E-state index in [4.69, 9.17) is 14.6 Å². The summed E-state index contributed by atoms with van der Waals surface area (Å²) in [6.07, 6.45) is -0.760. The lowest BCUT2D eigenvalue weighted by Gasteiger charge is -2.27. The molecule has 2 rings (SSSR count). The number of ether oxygens (including phenoxy) is 4. The van der Waals surface area contributed by atoms with E-state index < -0.39 is 65.2 Å². The number of carbonyl (C=O) groups is 4. The summed E-state index contributed by atoms with van der Waals surface area (Å²) in [7, 11) is 2.46. The van der Waals surface area contributed by atoms with E-state index in [9.17, 15) is 29.4 Å². The van der Waals surface area contributed by atoms with Crippen LogP contribution in [-0.4, -0.2) is 118 Å². The second-order valence-electron chi connectivity index (χ2n) is 11.7. The number of nitrogens with zero attached hydrogens (tertiary/aromatic N) is 2. The Hall–Kier alpha value is -2.64. The highest BCUT2D eigenvalue weighted by atomic mass is 16.6. The van der Waals surface area contributed by atoms with Crippen LogP contribution >= 0.6 is 0 Å². The Morgan fingerprint density at radius 1 is 0.763 bits per heavy atom. The molecule has 0 radical (unpaired) electrons. The van der Waals surface area contributed by atoms with Crippen molar-refractivity contribution in [2.24, 2.45) is 0 Å². The fourth-order valence-corrected chi connectivity index (χ4v) is 4.01. The number of hydrogen-bond acceptors (Lipinski definition) is 11. The maximum atomic E-state index is 12.1. The Labute approximate surface area is 223 Å². The van der Waals surface area contributed by atoms with E-state index in [0.29, 0.717) is 6.42 Å². The van der Waals surface area contributed by atoms with E-state index in [2.05, 4.69) is 9.47 Å². The Bertz CT molecular complexity index is 796. The van der Waals surface area contributed by atoms with Crippen molar-refractivity contribution in [1.29, 1.82) is 0 Å². The molecule has 0 aromatic rings. The van der Waals surface area contributed by atoms with Crippen molar-refractivity contribution in [3.8, 4) is 0 Å². The first-order valence-electron chi connectivity index (χ1n) is 12.4. The largest absolute Gasteiger partial charge is 0.467 e. The zero-order valence-corrected chi connectivity index (χ0v) is 23.9. The molecule has 38 heavy (non-hydrogen) atoms. The van der Waals surface area contributed by atoms with Crippen LogP contribution in [0.4, 0.5) is 9.59 Å². The smallest absolute Gasteiger partial charge is 0.411 e. The van der Waals surface area contributed by atoms with Crippen molar-refractivity contribution >= 4 is 24.1 Å². The predicted octanol–water partition coefficient (Wildman–Crippen LogP) is 1.20. The number of hydrogen-bond donors (Lipinski definition) is 3. The van der Waals surface area contributed by atoms with Crippen LogP contribution in [0.1, 0.15) is 67.7 Å². The topological polar surface area (TPSA) is 172 Å². The number of aliphatic hydroxyl groups excluding tert-OH is 1. The summed E-state index contributed by atoms with van der Waals surface area (Å²) >= 11 is 0. The fourth-order valence-electron chi connectivity index (χ4n) is 4.01. The van der Waals surface area contributed by atoms with Gasteiger partial charge in [-0.3, -0.25) is 9.80 Å². The first-order chi connectivity index (χ1) is 17.2. The lowest BCUT2D eigenvalue weighted by atomic mass is 9.97. The minimum absolute atomic E-state index is 0.0740. The Morgan fingerprint density at radius 3 is 1.39 bits per heavy atom. The number of carbonyl (C=O) groups excluding carboxylic acids is 4. The average Bonchev–Trinajstić information content (AvgIpc) is 3.35. The van der Waals surface area contributed by atoms with E-state index in [-0.39, 0.29) is 25.9 Å². The van der Waals surface area contributed by atoms with Crippen molar-refractivity contribution in [3.05, 3.63) is 0 Å². The summed E-state index contributed by atoms with van der Waals surface area (Å²) in [4.78, 5) is 49.8. The van der Waals surface area contributed by atoms with Gasteiger partial charge in [-0.1, -0.05) is 6.92 Å². The molecule has 0 aromatic carbocycles. The number of rotatable bonds is 4. The molecule has 0 aliphatic carbocycles. The van der Waals surface area contributed by atoms with Gasteiger partial charge in [-0.25, -0.2) is 19.2 Å². The second kappa shape index (κ2) is 12.5. The van der Waals surface area contributed by atoms with Gasteiger partial charge in [-0.15, -0.1) is 0 Å². The molecule has 2 aliphatic rings. The van der Waals surface area contributed by atoms with Crippen molar-refractivity contribution < 1.29 is 53.4 Å². The quantitative estimate of drug-likeness (QED) is 0.340. The molecule has 2 aliphatic heterocycles. The standard InChI is InChI=1S/C13H23NO5.C12H21NO6/c1-6-13(17)7-9(10(15)18-5)14(8-13)11(16)19-12(2,3)4;1-11(2,3)19-10(16)13-6-12(17,7-14)5-8(13)9(15)18-4/h9,17H,6-8H2,1-5H3;8,14,17H,5-7H2,1-4H3/t9-,13?;8-,12?/m00/s1. The molecule has 4 atom stereocenters. The molecule has 0 bridgehead atoms. The molecule has 3 N–H and O–H groups in total. The van der Waals surface area contributed by atoms with Gasteiger partial charge < -0.3 is 34.3 Å².